The maximum atomic E-state index is 13.3. The van der Waals surface area contributed by atoms with Gasteiger partial charge in [0.2, 0.25) is 0 Å². The van der Waals surface area contributed by atoms with Crippen LogP contribution < -0.4 is 4.90 Å². The number of halogens is 2. The summed E-state index contributed by atoms with van der Waals surface area (Å²) in [5, 5.41) is 1.44. The molecule has 0 aliphatic carbocycles. The number of thioether (sulfide) groups is 1. The molecule has 4 rings (SSSR count). The van der Waals surface area contributed by atoms with Gasteiger partial charge in [-0.1, -0.05) is 41.6 Å². The number of sulfone groups is 1. The third-order valence-corrected chi connectivity index (χ3v) is 7.61. The number of hydrogen-bond donors (Lipinski definition) is 0. The van der Waals surface area contributed by atoms with Crippen LogP contribution in [-0.2, 0) is 15.6 Å². The van der Waals surface area contributed by atoms with Crippen molar-refractivity contribution in [2.75, 3.05) is 16.4 Å². The molecule has 2 aliphatic rings. The summed E-state index contributed by atoms with van der Waals surface area (Å²) in [5.41, 5.74) is 1.74. The molecular formula is C18H16ClFN2O2S2. The molecule has 2 aromatic rings. The zero-order chi connectivity index (χ0) is 18.3. The standard InChI is InChI=1S/C18H16ClFN2O2S2/c19-15-4-2-1-3-12(15)9-25-18-21-16-10-26(23,24)11-17(16)22(18)14-7-5-13(20)6-8-14/h1-8,16-17H,9-11H2/t16-,17-/m0/s1. The van der Waals surface area contributed by atoms with Crippen LogP contribution in [0.25, 0.3) is 0 Å². The highest BCUT2D eigenvalue weighted by atomic mass is 35.5. The van der Waals surface area contributed by atoms with E-state index in [4.69, 9.17) is 11.6 Å². The quantitative estimate of drug-likeness (QED) is 0.773. The number of aliphatic imine (C=N–C) groups is 1. The number of benzene rings is 2. The third-order valence-electron chi connectivity index (χ3n) is 4.53. The van der Waals surface area contributed by atoms with Gasteiger partial charge in [-0.25, -0.2) is 12.8 Å². The van der Waals surface area contributed by atoms with Crippen molar-refractivity contribution in [3.05, 3.63) is 64.9 Å². The lowest BCUT2D eigenvalue weighted by molar-refractivity contribution is 0.601. The van der Waals surface area contributed by atoms with Crippen LogP contribution in [-0.4, -0.2) is 37.2 Å². The maximum absolute atomic E-state index is 13.3. The molecule has 0 unspecified atom stereocenters. The van der Waals surface area contributed by atoms with E-state index in [1.54, 1.807) is 12.1 Å². The summed E-state index contributed by atoms with van der Waals surface area (Å²) < 4.78 is 37.4. The van der Waals surface area contributed by atoms with E-state index in [1.165, 1.54) is 23.9 Å². The van der Waals surface area contributed by atoms with E-state index in [0.717, 1.165) is 16.4 Å². The van der Waals surface area contributed by atoms with Gasteiger partial charge in [-0.3, -0.25) is 4.99 Å². The minimum Gasteiger partial charge on any atom is -0.315 e. The second-order valence-electron chi connectivity index (χ2n) is 6.35. The Bertz CT molecular complexity index is 963. The van der Waals surface area contributed by atoms with Gasteiger partial charge in [0.25, 0.3) is 0 Å². The average Bonchev–Trinajstić information content (AvgIpc) is 3.06. The zero-order valence-electron chi connectivity index (χ0n) is 13.7. The Balaban J connectivity index is 1.63. The maximum Gasteiger partial charge on any atom is 0.164 e. The summed E-state index contributed by atoms with van der Waals surface area (Å²) in [4.78, 5) is 6.59. The molecule has 0 N–H and O–H groups in total. The van der Waals surface area contributed by atoms with Gasteiger partial charge in [0, 0.05) is 16.5 Å². The molecule has 1 saturated heterocycles. The fourth-order valence-corrected chi connectivity index (χ4v) is 6.55. The van der Waals surface area contributed by atoms with Gasteiger partial charge in [0.05, 0.1) is 23.6 Å². The highest BCUT2D eigenvalue weighted by molar-refractivity contribution is 8.13. The van der Waals surface area contributed by atoms with Gasteiger partial charge in [-0.05, 0) is 35.9 Å². The molecule has 4 nitrogen and oxygen atoms in total. The van der Waals surface area contributed by atoms with Crippen LogP contribution in [0.2, 0.25) is 5.02 Å². The fourth-order valence-electron chi connectivity index (χ4n) is 3.29. The second-order valence-corrected chi connectivity index (χ2v) is 9.85. The number of amidine groups is 1. The molecule has 0 saturated carbocycles. The van der Waals surface area contributed by atoms with Gasteiger partial charge in [-0.15, -0.1) is 0 Å². The predicted molar refractivity (Wildman–Crippen MR) is 105 cm³/mol. The van der Waals surface area contributed by atoms with Crippen molar-refractivity contribution in [1.29, 1.82) is 0 Å². The number of nitrogens with zero attached hydrogens (tertiary/aromatic N) is 2. The molecule has 0 amide bonds. The summed E-state index contributed by atoms with van der Waals surface area (Å²) in [6.45, 7) is 0. The lowest BCUT2D eigenvalue weighted by atomic mass is 10.1. The van der Waals surface area contributed by atoms with E-state index in [-0.39, 0.29) is 29.4 Å². The van der Waals surface area contributed by atoms with Crippen LogP contribution in [0.15, 0.2) is 53.5 Å². The number of hydrogen-bond acceptors (Lipinski definition) is 5. The minimum absolute atomic E-state index is 0.0610. The van der Waals surface area contributed by atoms with Gasteiger partial charge in [-0.2, -0.15) is 0 Å². The van der Waals surface area contributed by atoms with Gasteiger partial charge < -0.3 is 4.90 Å². The van der Waals surface area contributed by atoms with E-state index < -0.39 is 9.84 Å². The molecule has 0 bridgehead atoms. The van der Waals surface area contributed by atoms with Gasteiger partial charge in [0.1, 0.15) is 5.82 Å². The first-order chi connectivity index (χ1) is 12.4. The van der Waals surface area contributed by atoms with Crippen molar-refractivity contribution < 1.29 is 12.8 Å². The first kappa shape index (κ1) is 17.8. The average molecular weight is 411 g/mol. The molecule has 2 heterocycles. The molecule has 1 fully saturated rings. The molecular weight excluding hydrogens is 395 g/mol. The molecule has 8 heteroatoms. The van der Waals surface area contributed by atoms with E-state index in [0.29, 0.717) is 10.8 Å². The zero-order valence-corrected chi connectivity index (χ0v) is 16.1. The van der Waals surface area contributed by atoms with Crippen molar-refractivity contribution in [3.8, 4) is 0 Å². The Morgan fingerprint density at radius 3 is 2.62 bits per heavy atom. The fraction of sp³-hybridized carbons (Fsp3) is 0.278. The lowest BCUT2D eigenvalue weighted by Crippen LogP contribution is -2.39. The van der Waals surface area contributed by atoms with Crippen molar-refractivity contribution in [3.63, 3.8) is 0 Å². The van der Waals surface area contributed by atoms with E-state index >= 15 is 0 Å². The van der Waals surface area contributed by atoms with Crippen LogP contribution in [0.3, 0.4) is 0 Å². The normalized spacial score (nSPS) is 23.8. The molecule has 136 valence electrons. The first-order valence-corrected chi connectivity index (χ1v) is 11.3. The largest absolute Gasteiger partial charge is 0.315 e. The summed E-state index contributed by atoms with van der Waals surface area (Å²) in [7, 11) is -3.11. The van der Waals surface area contributed by atoms with Gasteiger partial charge >= 0.3 is 0 Å². The molecule has 2 aromatic carbocycles. The number of fused-ring (bicyclic) bond motifs is 1. The summed E-state index contributed by atoms with van der Waals surface area (Å²) in [5.74, 6) is 0.425. The minimum atomic E-state index is -3.11. The van der Waals surface area contributed by atoms with Crippen LogP contribution in [0, 0.1) is 5.82 Å². The van der Waals surface area contributed by atoms with Crippen LogP contribution in [0.1, 0.15) is 5.56 Å². The Kier molecular flexibility index (Phi) is 4.71. The van der Waals surface area contributed by atoms with Crippen LogP contribution in [0.4, 0.5) is 10.1 Å². The summed E-state index contributed by atoms with van der Waals surface area (Å²) in [6.07, 6.45) is 0. The van der Waals surface area contributed by atoms with E-state index in [9.17, 15) is 12.8 Å². The van der Waals surface area contributed by atoms with Crippen molar-refractivity contribution in [2.24, 2.45) is 4.99 Å². The van der Waals surface area contributed by atoms with Crippen molar-refractivity contribution in [1.82, 2.24) is 0 Å². The molecule has 0 aromatic heterocycles. The van der Waals surface area contributed by atoms with Gasteiger partial charge in [0.15, 0.2) is 15.0 Å². The Morgan fingerprint density at radius 1 is 1.15 bits per heavy atom. The van der Waals surface area contributed by atoms with E-state index in [2.05, 4.69) is 4.99 Å². The summed E-state index contributed by atoms with van der Waals surface area (Å²) >= 11 is 7.74. The molecule has 2 aliphatic heterocycles. The molecule has 0 radical (unpaired) electrons. The number of rotatable bonds is 3. The van der Waals surface area contributed by atoms with Crippen molar-refractivity contribution >= 4 is 44.1 Å². The van der Waals surface area contributed by atoms with Crippen molar-refractivity contribution in [2.45, 2.75) is 17.8 Å². The Labute approximate surface area is 161 Å². The topological polar surface area (TPSA) is 49.7 Å². The highest BCUT2D eigenvalue weighted by Gasteiger charge is 2.47. The second kappa shape index (κ2) is 6.87. The molecule has 2 atom stereocenters. The smallest absolute Gasteiger partial charge is 0.164 e. The van der Waals surface area contributed by atoms with Crippen LogP contribution in [0.5, 0.6) is 0 Å². The highest BCUT2D eigenvalue weighted by Crippen LogP contribution is 2.36. The number of anilines is 1. The Hall–Kier alpha value is -1.57. The lowest BCUT2D eigenvalue weighted by Gasteiger charge is -2.26. The SMILES string of the molecule is O=S1(=O)C[C@@H]2N=C(SCc3ccccc3Cl)N(c3ccc(F)cc3)[C@H]2C1. The predicted octanol–water partition coefficient (Wildman–Crippen LogP) is 3.75. The summed E-state index contributed by atoms with van der Waals surface area (Å²) in [6, 6.07) is 13.2. The molecule has 26 heavy (non-hydrogen) atoms. The Morgan fingerprint density at radius 2 is 1.88 bits per heavy atom. The third kappa shape index (κ3) is 3.48. The monoisotopic (exact) mass is 410 g/mol. The van der Waals surface area contributed by atoms with E-state index in [1.807, 2.05) is 29.2 Å². The first-order valence-electron chi connectivity index (χ1n) is 8.12. The molecule has 0 spiro atoms. The van der Waals surface area contributed by atoms with Crippen LogP contribution >= 0.6 is 23.4 Å².